The Balaban J connectivity index is 0.00000364. The number of benzene rings is 2. The van der Waals surface area contributed by atoms with Crippen molar-refractivity contribution in [2.24, 2.45) is 0 Å². The Labute approximate surface area is 177 Å². The van der Waals surface area contributed by atoms with E-state index in [1.807, 2.05) is 32.0 Å². The number of ether oxygens (including phenoxy) is 2. The van der Waals surface area contributed by atoms with Gasteiger partial charge in [0.1, 0.15) is 11.5 Å². The van der Waals surface area contributed by atoms with Crippen LogP contribution in [0.25, 0.3) is 0 Å². The molecule has 0 aliphatic carbocycles. The zero-order valence-corrected chi connectivity index (χ0v) is 17.4. The van der Waals surface area contributed by atoms with Crippen LogP contribution in [0.1, 0.15) is 53.7 Å². The number of carbonyl (C=O) groups excluding carboxylic acids is 1. The third-order valence-electron chi connectivity index (χ3n) is 4.04. The Bertz CT molecular complexity index is 751. The quantitative estimate of drug-likeness (QED) is 0.468. The first-order chi connectivity index (χ1) is 12.5. The van der Waals surface area contributed by atoms with Gasteiger partial charge >= 0.3 is 18.9 Å². The zero-order chi connectivity index (χ0) is 19.1. The molecule has 0 radical (unpaired) electrons. The molecule has 3 nitrogen and oxygen atoms in total. The van der Waals surface area contributed by atoms with Crippen molar-refractivity contribution in [2.75, 3.05) is 13.2 Å². The molecule has 142 valence electrons. The van der Waals surface area contributed by atoms with Crippen LogP contribution in [-0.2, 0) is 0 Å². The van der Waals surface area contributed by atoms with E-state index < -0.39 is 0 Å². The summed E-state index contributed by atoms with van der Waals surface area (Å²) in [6.45, 7) is 11.5. The van der Waals surface area contributed by atoms with Crippen molar-refractivity contribution in [3.8, 4) is 11.5 Å². The second-order valence-electron chi connectivity index (χ2n) is 6.58. The standard InChI is InChI=1S/C22H29O3P.Li.H/c1-6-10-24-18-8-9-20(19(14-18)25-11-7-2)26-22(23)21-16(4)12-15(3)13-17(21)5;;/h8-9,12-14,26H,6-7,10-11H2,1-5H3;;. The molecule has 0 saturated carbocycles. The van der Waals surface area contributed by atoms with Crippen LogP contribution in [0.4, 0.5) is 0 Å². The fourth-order valence-electron chi connectivity index (χ4n) is 2.97. The number of hydrogen-bond donors (Lipinski definition) is 0. The van der Waals surface area contributed by atoms with E-state index in [4.69, 9.17) is 9.47 Å². The van der Waals surface area contributed by atoms with Crippen molar-refractivity contribution >= 4 is 38.3 Å². The van der Waals surface area contributed by atoms with Crippen LogP contribution in [0.5, 0.6) is 11.5 Å². The molecule has 2 aromatic carbocycles. The van der Waals surface area contributed by atoms with E-state index in [-0.39, 0.29) is 33.0 Å². The third kappa shape index (κ3) is 6.69. The molecule has 0 spiro atoms. The SMILES string of the molecule is CCCOc1ccc(PC(=O)c2c(C)cc(C)cc2C)c(OCCC)c1.[LiH]. The first-order valence-corrected chi connectivity index (χ1v) is 10.2. The molecule has 0 bridgehead atoms. The molecular formula is C22H30LiO3P. The average Bonchev–Trinajstić information content (AvgIpc) is 2.58. The van der Waals surface area contributed by atoms with Crippen molar-refractivity contribution in [1.29, 1.82) is 0 Å². The summed E-state index contributed by atoms with van der Waals surface area (Å²) in [5.41, 5.74) is 4.26. The van der Waals surface area contributed by atoms with Crippen LogP contribution in [0.3, 0.4) is 0 Å². The topological polar surface area (TPSA) is 35.5 Å². The summed E-state index contributed by atoms with van der Waals surface area (Å²) in [5, 5.41) is 0.937. The van der Waals surface area contributed by atoms with Crippen LogP contribution in [-0.4, -0.2) is 37.6 Å². The Morgan fingerprint density at radius 1 is 0.926 bits per heavy atom. The van der Waals surface area contributed by atoms with Gasteiger partial charge in [-0.25, -0.2) is 0 Å². The maximum absolute atomic E-state index is 13.0. The van der Waals surface area contributed by atoms with Crippen molar-refractivity contribution in [2.45, 2.75) is 47.5 Å². The molecule has 1 unspecified atom stereocenters. The van der Waals surface area contributed by atoms with E-state index in [1.165, 1.54) is 5.56 Å². The number of carbonyl (C=O) groups is 1. The van der Waals surface area contributed by atoms with Gasteiger partial charge in [0.05, 0.1) is 13.2 Å². The molecule has 0 saturated heterocycles. The number of aryl methyl sites for hydroxylation is 3. The van der Waals surface area contributed by atoms with Gasteiger partial charge in [-0.2, -0.15) is 0 Å². The Kier molecular flexibility index (Phi) is 10.2. The summed E-state index contributed by atoms with van der Waals surface area (Å²) in [6, 6.07) is 9.95. The molecule has 0 N–H and O–H groups in total. The molecule has 2 aromatic rings. The van der Waals surface area contributed by atoms with Crippen LogP contribution in [0, 0.1) is 20.8 Å². The Morgan fingerprint density at radius 2 is 1.52 bits per heavy atom. The minimum atomic E-state index is 0. The molecule has 1 atom stereocenters. The summed E-state index contributed by atoms with van der Waals surface area (Å²) >= 11 is 0. The third-order valence-corrected chi connectivity index (χ3v) is 5.20. The van der Waals surface area contributed by atoms with Gasteiger partial charge < -0.3 is 9.47 Å². The van der Waals surface area contributed by atoms with Crippen LogP contribution >= 0.6 is 8.58 Å². The molecule has 27 heavy (non-hydrogen) atoms. The molecule has 2 rings (SSSR count). The van der Waals surface area contributed by atoms with E-state index in [1.54, 1.807) is 0 Å². The minimum absolute atomic E-state index is 0. The summed E-state index contributed by atoms with van der Waals surface area (Å²) in [4.78, 5) is 13.0. The van der Waals surface area contributed by atoms with E-state index in [2.05, 4.69) is 32.9 Å². The Morgan fingerprint density at radius 3 is 2.11 bits per heavy atom. The van der Waals surface area contributed by atoms with E-state index >= 15 is 0 Å². The fraction of sp³-hybridized carbons (Fsp3) is 0.409. The molecular weight excluding hydrogens is 350 g/mol. The van der Waals surface area contributed by atoms with Crippen molar-refractivity contribution in [1.82, 2.24) is 0 Å². The maximum atomic E-state index is 13.0. The predicted octanol–water partition coefficient (Wildman–Crippen LogP) is 4.69. The van der Waals surface area contributed by atoms with Crippen LogP contribution in [0.2, 0.25) is 0 Å². The normalized spacial score (nSPS) is 10.7. The van der Waals surface area contributed by atoms with Crippen molar-refractivity contribution in [3.05, 3.63) is 52.6 Å². The van der Waals surface area contributed by atoms with Crippen molar-refractivity contribution < 1.29 is 14.3 Å². The number of hydrogen-bond acceptors (Lipinski definition) is 3. The van der Waals surface area contributed by atoms with Gasteiger partial charge in [0.25, 0.3) is 0 Å². The summed E-state index contributed by atoms with van der Waals surface area (Å²) < 4.78 is 11.6. The van der Waals surface area contributed by atoms with Crippen LogP contribution < -0.4 is 14.8 Å². The van der Waals surface area contributed by atoms with Crippen LogP contribution in [0.15, 0.2) is 30.3 Å². The molecule has 0 fully saturated rings. The van der Waals surface area contributed by atoms with Gasteiger partial charge in [-0.05, 0) is 65.5 Å². The molecule has 0 heterocycles. The molecule has 0 aliphatic rings. The van der Waals surface area contributed by atoms with Gasteiger partial charge in [0.2, 0.25) is 0 Å². The summed E-state index contributed by atoms with van der Waals surface area (Å²) in [5.74, 6) is 1.55. The van der Waals surface area contributed by atoms with Gasteiger partial charge in [0.15, 0.2) is 5.52 Å². The fourth-order valence-corrected chi connectivity index (χ4v) is 4.17. The van der Waals surface area contributed by atoms with E-state index in [0.717, 1.165) is 46.3 Å². The first kappa shape index (κ1) is 23.8. The average molecular weight is 380 g/mol. The number of rotatable bonds is 9. The van der Waals surface area contributed by atoms with Gasteiger partial charge in [-0.15, -0.1) is 0 Å². The van der Waals surface area contributed by atoms with Gasteiger partial charge in [0, 0.05) is 16.9 Å². The monoisotopic (exact) mass is 380 g/mol. The van der Waals surface area contributed by atoms with Crippen molar-refractivity contribution in [3.63, 3.8) is 0 Å². The zero-order valence-electron chi connectivity index (χ0n) is 16.4. The second kappa shape index (κ2) is 11.6. The van der Waals surface area contributed by atoms with Gasteiger partial charge in [-0.1, -0.05) is 31.5 Å². The molecule has 5 heteroatoms. The van der Waals surface area contributed by atoms with E-state index in [9.17, 15) is 4.79 Å². The molecule has 0 aliphatic heterocycles. The Hall–Kier alpha value is -1.26. The predicted molar refractivity (Wildman–Crippen MR) is 118 cm³/mol. The molecule has 0 aromatic heterocycles. The van der Waals surface area contributed by atoms with E-state index in [0.29, 0.717) is 13.2 Å². The summed E-state index contributed by atoms with van der Waals surface area (Å²) in [6.07, 6.45) is 1.88. The summed E-state index contributed by atoms with van der Waals surface area (Å²) in [7, 11) is 0.0346. The molecule has 0 amide bonds. The van der Waals surface area contributed by atoms with Gasteiger partial charge in [-0.3, -0.25) is 4.79 Å². The second-order valence-corrected chi connectivity index (χ2v) is 7.83. The first-order valence-electron chi connectivity index (χ1n) is 9.25.